The van der Waals surface area contributed by atoms with E-state index in [4.69, 9.17) is 5.73 Å². The van der Waals surface area contributed by atoms with E-state index in [9.17, 15) is 14.4 Å². The fourth-order valence-electron chi connectivity index (χ4n) is 3.45. The molecule has 0 aromatic heterocycles. The Bertz CT molecular complexity index is 899. The van der Waals surface area contributed by atoms with Crippen molar-refractivity contribution in [3.8, 4) is 0 Å². The fourth-order valence-corrected chi connectivity index (χ4v) is 3.45. The number of ether oxygens (including phenoxy) is 1. The van der Waals surface area contributed by atoms with E-state index in [1.54, 1.807) is 20.0 Å². The van der Waals surface area contributed by atoms with E-state index in [1.807, 2.05) is 47.4 Å². The van der Waals surface area contributed by atoms with Crippen LogP contribution in [0.4, 0.5) is 10.5 Å². The molecular weight excluding hydrogens is 382 g/mol. The van der Waals surface area contributed by atoms with Crippen LogP contribution in [-0.4, -0.2) is 31.0 Å². The molecule has 160 valence electrons. The van der Waals surface area contributed by atoms with Gasteiger partial charge in [-0.1, -0.05) is 37.3 Å². The molecule has 7 nitrogen and oxygen atoms in total. The van der Waals surface area contributed by atoms with Crippen molar-refractivity contribution in [2.75, 3.05) is 11.9 Å². The molecule has 0 spiro atoms. The molecule has 0 bridgehead atoms. The predicted molar refractivity (Wildman–Crippen MR) is 116 cm³/mol. The van der Waals surface area contributed by atoms with E-state index in [0.717, 1.165) is 23.2 Å². The normalized spacial score (nSPS) is 17.1. The molecule has 1 heterocycles. The summed E-state index contributed by atoms with van der Waals surface area (Å²) in [7, 11) is 1.62. The minimum absolute atomic E-state index is 0.0491. The van der Waals surface area contributed by atoms with Crippen LogP contribution in [0, 0.1) is 5.92 Å². The van der Waals surface area contributed by atoms with Gasteiger partial charge in [0.15, 0.2) is 0 Å². The standard InChI is InChI=1S/C15H20N2O2.C8H9NO2/c1-9-7-13-8-12(15(19)16-4)5-6-14(13)17(10(9)2)11(3)18;9-8(10)11-6-7-4-2-1-3-5-7/h5-6,8-10H,7H2,1-4H3,(H,16,19);1-5H,6H2,(H2,9,10)/t9-,10+;/m1./s1. The van der Waals surface area contributed by atoms with Gasteiger partial charge in [0.2, 0.25) is 5.91 Å². The highest BCUT2D eigenvalue weighted by Gasteiger charge is 2.31. The minimum Gasteiger partial charge on any atom is -0.445 e. The maximum Gasteiger partial charge on any atom is 0.404 e. The molecule has 2 aromatic carbocycles. The van der Waals surface area contributed by atoms with Crippen LogP contribution in [0.3, 0.4) is 0 Å². The number of amides is 3. The summed E-state index contributed by atoms with van der Waals surface area (Å²) < 4.78 is 4.57. The highest BCUT2D eigenvalue weighted by Crippen LogP contribution is 2.34. The van der Waals surface area contributed by atoms with E-state index in [-0.39, 0.29) is 24.5 Å². The lowest BCUT2D eigenvalue weighted by atomic mass is 9.87. The van der Waals surface area contributed by atoms with Gasteiger partial charge in [0.25, 0.3) is 5.91 Å². The van der Waals surface area contributed by atoms with E-state index in [0.29, 0.717) is 11.5 Å². The summed E-state index contributed by atoms with van der Waals surface area (Å²) in [6, 6.07) is 15.1. The Labute approximate surface area is 177 Å². The summed E-state index contributed by atoms with van der Waals surface area (Å²) in [6.07, 6.45) is 0.152. The van der Waals surface area contributed by atoms with Crippen molar-refractivity contribution >= 4 is 23.6 Å². The van der Waals surface area contributed by atoms with Crippen molar-refractivity contribution in [1.82, 2.24) is 5.32 Å². The number of rotatable bonds is 3. The van der Waals surface area contributed by atoms with E-state index < -0.39 is 6.09 Å². The van der Waals surface area contributed by atoms with Crippen molar-refractivity contribution in [3.05, 3.63) is 65.2 Å². The number of primary amides is 1. The lowest BCUT2D eigenvalue weighted by Gasteiger charge is -2.39. The molecule has 3 amide bonds. The van der Waals surface area contributed by atoms with Crippen molar-refractivity contribution in [3.63, 3.8) is 0 Å². The summed E-state index contributed by atoms with van der Waals surface area (Å²) >= 11 is 0. The number of anilines is 1. The van der Waals surface area contributed by atoms with Crippen LogP contribution in [0.5, 0.6) is 0 Å². The maximum absolute atomic E-state index is 11.8. The van der Waals surface area contributed by atoms with Crippen LogP contribution < -0.4 is 16.0 Å². The molecule has 7 heteroatoms. The number of nitrogens with zero attached hydrogens (tertiary/aromatic N) is 1. The van der Waals surface area contributed by atoms with Crippen LogP contribution in [0.1, 0.15) is 42.3 Å². The molecule has 0 radical (unpaired) electrons. The first-order valence-electron chi connectivity index (χ1n) is 9.85. The van der Waals surface area contributed by atoms with Gasteiger partial charge in [0.05, 0.1) is 0 Å². The van der Waals surface area contributed by atoms with E-state index in [1.165, 1.54) is 0 Å². The lowest BCUT2D eigenvalue weighted by molar-refractivity contribution is -0.117. The van der Waals surface area contributed by atoms with Crippen LogP contribution in [0.15, 0.2) is 48.5 Å². The Kier molecular flexibility index (Phi) is 7.98. The highest BCUT2D eigenvalue weighted by atomic mass is 16.5. The first kappa shape index (κ1) is 22.9. The molecule has 0 unspecified atom stereocenters. The first-order valence-corrected chi connectivity index (χ1v) is 9.85. The fraction of sp³-hybridized carbons (Fsp3) is 0.348. The molecular formula is C23H29N3O4. The van der Waals surface area contributed by atoms with Crippen LogP contribution in [0.2, 0.25) is 0 Å². The van der Waals surface area contributed by atoms with E-state index in [2.05, 4.69) is 23.9 Å². The lowest BCUT2D eigenvalue weighted by Crippen LogP contribution is -2.45. The Morgan fingerprint density at radius 2 is 1.80 bits per heavy atom. The third-order valence-corrected chi connectivity index (χ3v) is 5.16. The van der Waals surface area contributed by atoms with Crippen LogP contribution >= 0.6 is 0 Å². The molecule has 1 aliphatic rings. The number of nitrogens with two attached hydrogens (primary N) is 1. The van der Waals surface area contributed by atoms with Gasteiger partial charge in [0, 0.05) is 31.3 Å². The summed E-state index contributed by atoms with van der Waals surface area (Å²) in [6.45, 7) is 6.04. The largest absolute Gasteiger partial charge is 0.445 e. The number of carbonyl (C=O) groups excluding carboxylic acids is 3. The average Bonchev–Trinajstić information content (AvgIpc) is 2.73. The number of fused-ring (bicyclic) bond motifs is 1. The number of nitrogens with one attached hydrogen (secondary N) is 1. The molecule has 0 fully saturated rings. The summed E-state index contributed by atoms with van der Waals surface area (Å²) in [4.78, 5) is 35.5. The molecule has 0 saturated heterocycles. The molecule has 0 aliphatic carbocycles. The summed E-state index contributed by atoms with van der Waals surface area (Å²) in [5.41, 5.74) is 8.37. The van der Waals surface area contributed by atoms with Gasteiger partial charge in [-0.25, -0.2) is 4.79 Å². The van der Waals surface area contributed by atoms with Crippen LogP contribution in [-0.2, 0) is 22.6 Å². The third-order valence-electron chi connectivity index (χ3n) is 5.16. The zero-order valence-corrected chi connectivity index (χ0v) is 17.8. The van der Waals surface area contributed by atoms with Gasteiger partial charge in [-0.05, 0) is 48.6 Å². The summed E-state index contributed by atoms with van der Waals surface area (Å²) in [5.74, 6) is 0.341. The zero-order valence-electron chi connectivity index (χ0n) is 17.8. The van der Waals surface area contributed by atoms with Gasteiger partial charge in [-0.3, -0.25) is 9.59 Å². The molecule has 2 aromatic rings. The zero-order chi connectivity index (χ0) is 22.3. The Balaban J connectivity index is 0.000000248. The number of hydrogen-bond acceptors (Lipinski definition) is 4. The van der Waals surface area contributed by atoms with Gasteiger partial charge >= 0.3 is 6.09 Å². The molecule has 1 aliphatic heterocycles. The topological polar surface area (TPSA) is 102 Å². The molecule has 3 rings (SSSR count). The van der Waals surface area contributed by atoms with Crippen molar-refractivity contribution in [1.29, 1.82) is 0 Å². The molecule has 3 N–H and O–H groups in total. The van der Waals surface area contributed by atoms with Gasteiger partial charge < -0.3 is 20.7 Å². The van der Waals surface area contributed by atoms with Gasteiger partial charge in [0.1, 0.15) is 6.61 Å². The Morgan fingerprint density at radius 3 is 2.37 bits per heavy atom. The third kappa shape index (κ3) is 5.83. The number of hydrogen-bond donors (Lipinski definition) is 2. The van der Waals surface area contributed by atoms with Crippen molar-refractivity contribution in [2.45, 2.75) is 39.8 Å². The highest BCUT2D eigenvalue weighted by molar-refractivity contribution is 5.97. The number of carbonyl (C=O) groups is 3. The average molecular weight is 412 g/mol. The van der Waals surface area contributed by atoms with Gasteiger partial charge in [-0.2, -0.15) is 0 Å². The Morgan fingerprint density at radius 1 is 1.13 bits per heavy atom. The Hall–Kier alpha value is -3.35. The SMILES string of the molecule is CNC(=O)c1ccc2c(c1)C[C@@H](C)[C@H](C)N2C(C)=O.NC(=O)OCc1ccccc1. The minimum atomic E-state index is -0.742. The second-order valence-electron chi connectivity index (χ2n) is 7.33. The van der Waals surface area contributed by atoms with Crippen molar-refractivity contribution < 1.29 is 19.1 Å². The molecule has 0 saturated carbocycles. The first-order chi connectivity index (χ1) is 14.2. The summed E-state index contributed by atoms with van der Waals surface area (Å²) in [5, 5.41) is 2.62. The van der Waals surface area contributed by atoms with Gasteiger partial charge in [-0.15, -0.1) is 0 Å². The predicted octanol–water partition coefficient (Wildman–Crippen LogP) is 3.26. The smallest absolute Gasteiger partial charge is 0.404 e. The molecule has 30 heavy (non-hydrogen) atoms. The van der Waals surface area contributed by atoms with Crippen LogP contribution in [0.25, 0.3) is 0 Å². The van der Waals surface area contributed by atoms with E-state index >= 15 is 0 Å². The number of benzene rings is 2. The molecule has 2 atom stereocenters. The second-order valence-corrected chi connectivity index (χ2v) is 7.33. The van der Waals surface area contributed by atoms with Crippen molar-refractivity contribution in [2.24, 2.45) is 11.7 Å². The monoisotopic (exact) mass is 411 g/mol. The quantitative estimate of drug-likeness (QED) is 0.809. The maximum atomic E-state index is 11.8. The second kappa shape index (κ2) is 10.4.